The van der Waals surface area contributed by atoms with Crippen LogP contribution in [0, 0.1) is 13.8 Å². The lowest BCUT2D eigenvalue weighted by molar-refractivity contribution is 0.304. The molecule has 3 nitrogen and oxygen atoms in total. The van der Waals surface area contributed by atoms with Gasteiger partial charge in [0.25, 0.3) is 0 Å². The molecule has 0 atom stereocenters. The number of hydrogen-bond donors (Lipinski definition) is 1. The van der Waals surface area contributed by atoms with Gasteiger partial charge in [-0.1, -0.05) is 13.8 Å². The van der Waals surface area contributed by atoms with Gasteiger partial charge in [-0.15, -0.1) is 11.6 Å². The van der Waals surface area contributed by atoms with Crippen molar-refractivity contribution >= 4 is 11.6 Å². The molecule has 2 aromatic rings. The van der Waals surface area contributed by atoms with E-state index < -0.39 is 0 Å². The molecule has 0 saturated heterocycles. The molecule has 0 spiro atoms. The van der Waals surface area contributed by atoms with Gasteiger partial charge in [-0.05, 0) is 48.7 Å². The number of phenols is 1. The maximum Gasteiger partial charge on any atom is 0.121 e. The zero-order chi connectivity index (χ0) is 15.8. The van der Waals surface area contributed by atoms with Crippen molar-refractivity contribution < 1.29 is 9.84 Å². The van der Waals surface area contributed by atoms with Gasteiger partial charge in [0.2, 0.25) is 0 Å². The summed E-state index contributed by atoms with van der Waals surface area (Å²) in [7, 11) is 0. The van der Waals surface area contributed by atoms with Gasteiger partial charge in [0, 0.05) is 23.8 Å². The smallest absolute Gasteiger partial charge is 0.121 e. The predicted molar refractivity (Wildman–Crippen MR) is 87.1 cm³/mol. The fourth-order valence-electron chi connectivity index (χ4n) is 1.86. The molecule has 0 aliphatic carbocycles. The second-order valence-corrected chi connectivity index (χ2v) is 4.80. The molecule has 0 fully saturated rings. The number of ether oxygens (including phenoxy) is 1. The zero-order valence-corrected chi connectivity index (χ0v) is 13.7. The zero-order valence-electron chi connectivity index (χ0n) is 13.0. The fourth-order valence-corrected chi connectivity index (χ4v) is 2.01. The van der Waals surface area contributed by atoms with Crippen LogP contribution < -0.4 is 4.74 Å². The highest BCUT2D eigenvalue weighted by Crippen LogP contribution is 2.27. The summed E-state index contributed by atoms with van der Waals surface area (Å²) in [4.78, 5) is 4.11. The summed E-state index contributed by atoms with van der Waals surface area (Å²) >= 11 is 5.77. The molecule has 0 saturated carbocycles. The molecule has 0 aliphatic heterocycles. The Labute approximate surface area is 131 Å². The Morgan fingerprint density at radius 2 is 1.62 bits per heavy atom. The Morgan fingerprint density at radius 3 is 2.19 bits per heavy atom. The number of aromatic nitrogens is 1. The van der Waals surface area contributed by atoms with Crippen LogP contribution in [0.3, 0.4) is 0 Å². The topological polar surface area (TPSA) is 42.4 Å². The van der Waals surface area contributed by atoms with Crippen LogP contribution in [0.5, 0.6) is 11.5 Å². The van der Waals surface area contributed by atoms with Crippen molar-refractivity contribution in [1.29, 1.82) is 0 Å². The van der Waals surface area contributed by atoms with E-state index in [0.717, 1.165) is 28.0 Å². The molecule has 1 N–H and O–H groups in total. The van der Waals surface area contributed by atoms with E-state index >= 15 is 0 Å². The molecular formula is C17H22ClNO2. The Kier molecular flexibility index (Phi) is 7.03. The minimum absolute atomic E-state index is 0.318. The number of pyridine rings is 1. The maximum absolute atomic E-state index is 9.70. The number of nitrogens with zero attached hydrogens (tertiary/aromatic N) is 1. The molecular weight excluding hydrogens is 286 g/mol. The number of aryl methyl sites for hydroxylation is 2. The summed E-state index contributed by atoms with van der Waals surface area (Å²) in [5.74, 6) is 1.50. The SMILES string of the molecule is CC.Cc1cc(OCc2cncc(CCl)c2)cc(C)c1O. The van der Waals surface area contributed by atoms with Gasteiger partial charge in [-0.25, -0.2) is 0 Å². The molecule has 0 radical (unpaired) electrons. The second kappa shape index (κ2) is 8.53. The molecule has 1 heterocycles. The number of alkyl halides is 1. The van der Waals surface area contributed by atoms with Gasteiger partial charge < -0.3 is 9.84 Å². The van der Waals surface area contributed by atoms with Crippen molar-refractivity contribution in [3.63, 3.8) is 0 Å². The summed E-state index contributed by atoms with van der Waals surface area (Å²) in [6.45, 7) is 8.14. The molecule has 2 rings (SSSR count). The van der Waals surface area contributed by atoms with Crippen LogP contribution in [0.25, 0.3) is 0 Å². The average Bonchev–Trinajstić information content (AvgIpc) is 2.52. The molecule has 0 amide bonds. The third kappa shape index (κ3) is 4.94. The first-order valence-corrected chi connectivity index (χ1v) is 7.55. The lowest BCUT2D eigenvalue weighted by atomic mass is 10.1. The predicted octanol–water partition coefficient (Wildman–Crippen LogP) is 4.75. The largest absolute Gasteiger partial charge is 0.507 e. The Balaban J connectivity index is 0.00000106. The molecule has 0 bridgehead atoms. The quantitative estimate of drug-likeness (QED) is 0.829. The fraction of sp³-hybridized carbons (Fsp3) is 0.353. The summed E-state index contributed by atoms with van der Waals surface area (Å²) in [6.07, 6.45) is 3.50. The van der Waals surface area contributed by atoms with Crippen molar-refractivity contribution in [3.8, 4) is 11.5 Å². The van der Waals surface area contributed by atoms with Gasteiger partial charge >= 0.3 is 0 Å². The van der Waals surface area contributed by atoms with E-state index in [2.05, 4.69) is 4.98 Å². The van der Waals surface area contributed by atoms with E-state index in [1.165, 1.54) is 0 Å². The van der Waals surface area contributed by atoms with Gasteiger partial charge in [0.1, 0.15) is 18.1 Å². The summed E-state index contributed by atoms with van der Waals surface area (Å²) in [5.41, 5.74) is 3.56. The van der Waals surface area contributed by atoms with Crippen molar-refractivity contribution in [3.05, 3.63) is 52.8 Å². The highest BCUT2D eigenvalue weighted by molar-refractivity contribution is 6.17. The Hall–Kier alpha value is -1.74. The lowest BCUT2D eigenvalue weighted by Gasteiger charge is -2.10. The molecule has 21 heavy (non-hydrogen) atoms. The Morgan fingerprint density at radius 1 is 1.05 bits per heavy atom. The van der Waals surface area contributed by atoms with Crippen LogP contribution >= 0.6 is 11.6 Å². The number of phenolic OH excluding ortho intramolecular Hbond substituents is 1. The molecule has 114 valence electrons. The summed E-state index contributed by atoms with van der Waals surface area (Å²) in [6, 6.07) is 5.61. The maximum atomic E-state index is 9.70. The van der Waals surface area contributed by atoms with Gasteiger partial charge in [-0.3, -0.25) is 4.98 Å². The number of benzene rings is 1. The van der Waals surface area contributed by atoms with E-state index in [1.807, 2.05) is 45.9 Å². The van der Waals surface area contributed by atoms with Crippen LogP contribution in [-0.2, 0) is 12.5 Å². The number of rotatable bonds is 4. The molecule has 1 aromatic carbocycles. The van der Waals surface area contributed by atoms with Crippen LogP contribution in [0.2, 0.25) is 0 Å². The van der Waals surface area contributed by atoms with Crippen LogP contribution in [0.15, 0.2) is 30.6 Å². The third-order valence-electron chi connectivity index (χ3n) is 2.88. The summed E-state index contributed by atoms with van der Waals surface area (Å²) < 4.78 is 5.71. The van der Waals surface area contributed by atoms with Crippen molar-refractivity contribution in [1.82, 2.24) is 4.98 Å². The van der Waals surface area contributed by atoms with Crippen LogP contribution in [0.1, 0.15) is 36.1 Å². The van der Waals surface area contributed by atoms with Crippen molar-refractivity contribution in [2.45, 2.75) is 40.2 Å². The first kappa shape index (κ1) is 17.3. The van der Waals surface area contributed by atoms with E-state index in [-0.39, 0.29) is 0 Å². The van der Waals surface area contributed by atoms with Crippen LogP contribution in [0.4, 0.5) is 0 Å². The first-order valence-electron chi connectivity index (χ1n) is 7.02. The molecule has 4 heteroatoms. The third-order valence-corrected chi connectivity index (χ3v) is 3.18. The monoisotopic (exact) mass is 307 g/mol. The van der Waals surface area contributed by atoms with Gasteiger partial charge in [-0.2, -0.15) is 0 Å². The first-order chi connectivity index (χ1) is 10.1. The molecule has 1 aromatic heterocycles. The van der Waals surface area contributed by atoms with E-state index in [4.69, 9.17) is 16.3 Å². The standard InChI is InChI=1S/C15H16ClNO2.C2H6/c1-10-3-14(4-11(2)15(10)18)19-9-13-5-12(6-16)7-17-8-13;1-2/h3-5,7-8,18H,6,9H2,1-2H3;1-2H3. The number of halogens is 1. The lowest BCUT2D eigenvalue weighted by Crippen LogP contribution is -1.98. The van der Waals surface area contributed by atoms with Crippen LogP contribution in [-0.4, -0.2) is 10.1 Å². The van der Waals surface area contributed by atoms with Crippen molar-refractivity contribution in [2.75, 3.05) is 0 Å². The normalized spacial score (nSPS) is 9.76. The summed E-state index contributed by atoms with van der Waals surface area (Å²) in [5, 5.41) is 9.70. The van der Waals surface area contributed by atoms with Gasteiger partial charge in [0.05, 0.1) is 0 Å². The minimum Gasteiger partial charge on any atom is -0.507 e. The molecule has 0 aliphatic rings. The minimum atomic E-state index is 0.318. The van der Waals surface area contributed by atoms with E-state index in [9.17, 15) is 5.11 Å². The van der Waals surface area contributed by atoms with E-state index in [0.29, 0.717) is 18.2 Å². The molecule has 0 unspecified atom stereocenters. The van der Waals surface area contributed by atoms with Gasteiger partial charge in [0.15, 0.2) is 0 Å². The van der Waals surface area contributed by atoms with Crippen molar-refractivity contribution in [2.24, 2.45) is 0 Å². The highest BCUT2D eigenvalue weighted by atomic mass is 35.5. The highest BCUT2D eigenvalue weighted by Gasteiger charge is 2.05. The average molecular weight is 308 g/mol. The van der Waals surface area contributed by atoms with E-state index in [1.54, 1.807) is 12.4 Å². The number of hydrogen-bond acceptors (Lipinski definition) is 3. The number of aromatic hydroxyl groups is 1. The Bertz CT molecular complexity index is 562. The second-order valence-electron chi connectivity index (χ2n) is 4.53.